The number of phenolic OH excluding ortho intramolecular Hbond substituents is 1. The van der Waals surface area contributed by atoms with Crippen molar-refractivity contribution in [2.24, 2.45) is 5.73 Å². The molecule has 0 amide bonds. The van der Waals surface area contributed by atoms with Crippen molar-refractivity contribution in [1.29, 1.82) is 0 Å². The monoisotopic (exact) mass is 272 g/mol. The fourth-order valence-electron chi connectivity index (χ4n) is 2.74. The fraction of sp³-hybridized carbons (Fsp3) is 0.400. The van der Waals surface area contributed by atoms with Crippen LogP contribution >= 0.6 is 0 Å². The van der Waals surface area contributed by atoms with Gasteiger partial charge in [0.15, 0.2) is 0 Å². The van der Waals surface area contributed by atoms with Crippen LogP contribution in [0.15, 0.2) is 30.5 Å². The lowest BCUT2D eigenvalue weighted by molar-refractivity contribution is 0.474. The smallest absolute Gasteiger partial charge is 0.117 e. The molecule has 0 radical (unpaired) electrons. The first-order valence-electron chi connectivity index (χ1n) is 6.99. The molecular weight excluding hydrogens is 252 g/mol. The zero-order chi connectivity index (χ0) is 14.1. The molecule has 5 heteroatoms. The lowest BCUT2D eigenvalue weighted by Gasteiger charge is -2.31. The van der Waals surface area contributed by atoms with Crippen LogP contribution in [0.2, 0.25) is 0 Å². The highest BCUT2D eigenvalue weighted by atomic mass is 16.3. The number of hydrogen-bond acceptors (Lipinski definition) is 4. The van der Waals surface area contributed by atoms with Gasteiger partial charge in [0.05, 0.1) is 23.3 Å². The first-order chi connectivity index (χ1) is 9.65. The van der Waals surface area contributed by atoms with Crippen LogP contribution in [0.1, 0.15) is 18.5 Å². The van der Waals surface area contributed by atoms with Gasteiger partial charge in [-0.15, -0.1) is 0 Å². The third-order valence-electron chi connectivity index (χ3n) is 3.94. The molecule has 0 aliphatic carbocycles. The number of hydrogen-bond donors (Lipinski definition) is 2. The standard InChI is InChI=1S/C15H20N4O/c1-11-15(18-7-5-12(16)6-8-18)10-17-19(11)13-3-2-4-14(20)9-13/h2-4,9-10,12,20H,5-8,16H2,1H3. The summed E-state index contributed by atoms with van der Waals surface area (Å²) in [6, 6.07) is 7.47. The number of piperidine rings is 1. The van der Waals surface area contributed by atoms with Crippen LogP contribution in [0.5, 0.6) is 5.75 Å². The Kier molecular flexibility index (Phi) is 3.36. The van der Waals surface area contributed by atoms with Crippen LogP contribution in [-0.4, -0.2) is 34.0 Å². The summed E-state index contributed by atoms with van der Waals surface area (Å²) in [5, 5.41) is 14.0. The molecule has 1 saturated heterocycles. The number of benzene rings is 1. The quantitative estimate of drug-likeness (QED) is 0.875. The molecule has 0 atom stereocenters. The van der Waals surface area contributed by atoms with E-state index in [1.807, 2.05) is 23.0 Å². The maximum Gasteiger partial charge on any atom is 0.117 e. The zero-order valence-electron chi connectivity index (χ0n) is 11.7. The molecule has 1 aromatic carbocycles. The van der Waals surface area contributed by atoms with E-state index >= 15 is 0 Å². The van der Waals surface area contributed by atoms with E-state index in [-0.39, 0.29) is 5.75 Å². The minimum Gasteiger partial charge on any atom is -0.508 e. The molecule has 0 unspecified atom stereocenters. The first kappa shape index (κ1) is 13.0. The Morgan fingerprint density at radius 3 is 2.75 bits per heavy atom. The SMILES string of the molecule is Cc1c(N2CCC(N)CC2)cnn1-c1cccc(O)c1. The van der Waals surface area contributed by atoms with Gasteiger partial charge in [0.2, 0.25) is 0 Å². The van der Waals surface area contributed by atoms with E-state index in [4.69, 9.17) is 5.73 Å². The topological polar surface area (TPSA) is 67.3 Å². The van der Waals surface area contributed by atoms with Crippen molar-refractivity contribution in [3.05, 3.63) is 36.2 Å². The molecule has 0 spiro atoms. The van der Waals surface area contributed by atoms with Crippen LogP contribution < -0.4 is 10.6 Å². The van der Waals surface area contributed by atoms with Gasteiger partial charge in [-0.1, -0.05) is 6.07 Å². The summed E-state index contributed by atoms with van der Waals surface area (Å²) in [4.78, 5) is 2.34. The average Bonchev–Trinajstić information content (AvgIpc) is 2.82. The van der Waals surface area contributed by atoms with E-state index in [0.717, 1.165) is 43.0 Å². The first-order valence-corrected chi connectivity index (χ1v) is 6.99. The van der Waals surface area contributed by atoms with E-state index < -0.39 is 0 Å². The molecule has 1 fully saturated rings. The lowest BCUT2D eigenvalue weighted by Crippen LogP contribution is -2.39. The lowest BCUT2D eigenvalue weighted by atomic mass is 10.1. The van der Waals surface area contributed by atoms with Gasteiger partial charge in [-0.3, -0.25) is 0 Å². The van der Waals surface area contributed by atoms with Gasteiger partial charge in [-0.2, -0.15) is 5.10 Å². The molecule has 2 heterocycles. The number of nitrogens with two attached hydrogens (primary N) is 1. The van der Waals surface area contributed by atoms with Crippen molar-refractivity contribution < 1.29 is 5.11 Å². The number of aromatic nitrogens is 2. The summed E-state index contributed by atoms with van der Waals surface area (Å²) in [6.07, 6.45) is 3.95. The molecule has 0 saturated carbocycles. The largest absolute Gasteiger partial charge is 0.508 e. The predicted molar refractivity (Wildman–Crippen MR) is 79.4 cm³/mol. The zero-order valence-corrected chi connectivity index (χ0v) is 11.7. The Morgan fingerprint density at radius 2 is 2.05 bits per heavy atom. The number of anilines is 1. The second kappa shape index (κ2) is 5.17. The van der Waals surface area contributed by atoms with Crippen LogP contribution in [0.3, 0.4) is 0 Å². The number of phenols is 1. The van der Waals surface area contributed by atoms with Gasteiger partial charge < -0.3 is 15.7 Å². The summed E-state index contributed by atoms with van der Waals surface area (Å²) in [6.45, 7) is 4.02. The minimum absolute atomic E-state index is 0.253. The van der Waals surface area contributed by atoms with Crippen LogP contribution in [0.25, 0.3) is 5.69 Å². The fourth-order valence-corrected chi connectivity index (χ4v) is 2.74. The second-order valence-corrected chi connectivity index (χ2v) is 5.37. The van der Waals surface area contributed by atoms with Crippen molar-refractivity contribution in [3.63, 3.8) is 0 Å². The van der Waals surface area contributed by atoms with E-state index in [1.54, 1.807) is 12.1 Å². The Hall–Kier alpha value is -2.01. The summed E-state index contributed by atoms with van der Waals surface area (Å²) >= 11 is 0. The van der Waals surface area contributed by atoms with Gasteiger partial charge in [0.1, 0.15) is 5.75 Å². The highest BCUT2D eigenvalue weighted by Crippen LogP contribution is 2.26. The third-order valence-corrected chi connectivity index (χ3v) is 3.94. The molecule has 106 valence electrons. The molecule has 1 aliphatic heterocycles. The van der Waals surface area contributed by atoms with Gasteiger partial charge in [-0.05, 0) is 31.9 Å². The maximum atomic E-state index is 9.58. The highest BCUT2D eigenvalue weighted by molar-refractivity contribution is 5.53. The van der Waals surface area contributed by atoms with Crippen LogP contribution in [0.4, 0.5) is 5.69 Å². The van der Waals surface area contributed by atoms with Crippen molar-refractivity contribution in [3.8, 4) is 11.4 Å². The molecule has 20 heavy (non-hydrogen) atoms. The molecule has 1 aromatic heterocycles. The van der Waals surface area contributed by atoms with E-state index in [1.165, 1.54) is 0 Å². The summed E-state index contributed by atoms with van der Waals surface area (Å²) in [5.41, 5.74) is 9.07. The van der Waals surface area contributed by atoms with E-state index in [2.05, 4.69) is 16.9 Å². The highest BCUT2D eigenvalue weighted by Gasteiger charge is 2.20. The summed E-state index contributed by atoms with van der Waals surface area (Å²) < 4.78 is 1.86. The molecule has 5 nitrogen and oxygen atoms in total. The molecule has 3 N–H and O–H groups in total. The van der Waals surface area contributed by atoms with Crippen molar-refractivity contribution in [2.45, 2.75) is 25.8 Å². The third kappa shape index (κ3) is 2.36. The van der Waals surface area contributed by atoms with E-state index in [9.17, 15) is 5.11 Å². The minimum atomic E-state index is 0.253. The van der Waals surface area contributed by atoms with Crippen LogP contribution in [-0.2, 0) is 0 Å². The Morgan fingerprint density at radius 1 is 1.30 bits per heavy atom. The van der Waals surface area contributed by atoms with Gasteiger partial charge in [0, 0.05) is 25.2 Å². The molecule has 1 aliphatic rings. The summed E-state index contributed by atoms with van der Waals surface area (Å²) in [7, 11) is 0. The predicted octanol–water partition coefficient (Wildman–Crippen LogP) is 1.81. The van der Waals surface area contributed by atoms with Crippen molar-refractivity contribution in [1.82, 2.24) is 9.78 Å². The van der Waals surface area contributed by atoms with Gasteiger partial charge in [0.25, 0.3) is 0 Å². The molecule has 2 aromatic rings. The Bertz CT molecular complexity index is 600. The number of nitrogens with zero attached hydrogens (tertiary/aromatic N) is 3. The normalized spacial score (nSPS) is 16.6. The molecule has 3 rings (SSSR count). The van der Waals surface area contributed by atoms with Gasteiger partial charge in [-0.25, -0.2) is 4.68 Å². The van der Waals surface area contributed by atoms with Gasteiger partial charge >= 0.3 is 0 Å². The Labute approximate surface area is 118 Å². The Balaban J connectivity index is 1.89. The molecule has 0 bridgehead atoms. The number of rotatable bonds is 2. The van der Waals surface area contributed by atoms with Crippen molar-refractivity contribution >= 4 is 5.69 Å². The average molecular weight is 272 g/mol. The maximum absolute atomic E-state index is 9.58. The second-order valence-electron chi connectivity index (χ2n) is 5.37. The molecular formula is C15H20N4O. The van der Waals surface area contributed by atoms with Crippen LogP contribution in [0, 0.1) is 6.92 Å². The van der Waals surface area contributed by atoms with E-state index in [0.29, 0.717) is 6.04 Å². The summed E-state index contributed by atoms with van der Waals surface area (Å²) in [5.74, 6) is 0.253. The van der Waals surface area contributed by atoms with Crippen molar-refractivity contribution in [2.75, 3.05) is 18.0 Å². The number of aromatic hydroxyl groups is 1.